The number of fused-ring (bicyclic) bond motifs is 1. The average molecular weight is 440 g/mol. The summed E-state index contributed by atoms with van der Waals surface area (Å²) in [5, 5.41) is -0.0684. The van der Waals surface area contributed by atoms with E-state index >= 15 is 0 Å². The minimum atomic E-state index is -4.91. The highest BCUT2D eigenvalue weighted by Gasteiger charge is 2.39. The molecule has 0 unspecified atom stereocenters. The van der Waals surface area contributed by atoms with Crippen LogP contribution in [-0.4, -0.2) is 13.1 Å². The van der Waals surface area contributed by atoms with Gasteiger partial charge in [-0.2, -0.15) is 13.2 Å². The van der Waals surface area contributed by atoms with E-state index in [0.29, 0.717) is 5.75 Å². The molecule has 8 heteroatoms. The van der Waals surface area contributed by atoms with Gasteiger partial charge in [-0.05, 0) is 42.0 Å². The number of hydrogen-bond donors (Lipinski definition) is 0. The number of methoxy groups -OCH3 is 1. The molecule has 32 heavy (non-hydrogen) atoms. The quantitative estimate of drug-likeness (QED) is 0.301. The highest BCUT2D eigenvalue weighted by atomic mass is 19.4. The Kier molecular flexibility index (Phi) is 5.44. The largest absolute Gasteiger partial charge is 0.497 e. The molecule has 0 atom stereocenters. The molecule has 1 heterocycles. The summed E-state index contributed by atoms with van der Waals surface area (Å²) in [6.07, 6.45) is -4.91. The van der Waals surface area contributed by atoms with Crippen molar-refractivity contribution in [3.05, 3.63) is 94.3 Å². The number of halogens is 3. The first-order valence-electron chi connectivity index (χ1n) is 9.37. The molecule has 3 aromatic carbocycles. The molecule has 0 aliphatic rings. The van der Waals surface area contributed by atoms with E-state index in [1.807, 2.05) is 0 Å². The monoisotopic (exact) mass is 440 g/mol. The zero-order valence-electron chi connectivity index (χ0n) is 16.6. The number of carbonyl (C=O) groups excluding carboxylic acids is 1. The molecule has 0 fully saturated rings. The molecular formula is C24H15F3O5. The van der Waals surface area contributed by atoms with E-state index < -0.39 is 28.9 Å². The molecule has 0 bridgehead atoms. The standard InChI is InChI=1S/C24H15F3O5/c1-30-16-9-7-15(8-10-16)23(29)31-17-11-12-18-19(13-17)32-22(24(25,26)27)20(21(18)28)14-5-3-2-4-6-14/h2-13H,1H3. The maximum absolute atomic E-state index is 13.7. The number of alkyl halides is 3. The Morgan fingerprint density at radius 1 is 0.906 bits per heavy atom. The Bertz CT molecular complexity index is 1340. The van der Waals surface area contributed by atoms with Crippen LogP contribution in [0.3, 0.4) is 0 Å². The highest BCUT2D eigenvalue weighted by molar-refractivity contribution is 5.92. The lowest BCUT2D eigenvalue weighted by molar-refractivity contribution is -0.152. The van der Waals surface area contributed by atoms with Crippen LogP contribution in [0.2, 0.25) is 0 Å². The van der Waals surface area contributed by atoms with Crippen molar-refractivity contribution in [1.82, 2.24) is 0 Å². The second-order valence-electron chi connectivity index (χ2n) is 6.78. The lowest BCUT2D eigenvalue weighted by Gasteiger charge is -2.13. The number of carbonyl (C=O) groups is 1. The summed E-state index contributed by atoms with van der Waals surface area (Å²) in [5.41, 5.74) is -1.46. The van der Waals surface area contributed by atoms with E-state index in [4.69, 9.17) is 13.9 Å². The zero-order valence-corrected chi connectivity index (χ0v) is 16.6. The molecule has 4 rings (SSSR count). The van der Waals surface area contributed by atoms with Gasteiger partial charge in [0, 0.05) is 6.07 Å². The van der Waals surface area contributed by atoms with Gasteiger partial charge in [-0.25, -0.2) is 4.79 Å². The maximum atomic E-state index is 13.7. The first-order chi connectivity index (χ1) is 15.3. The van der Waals surface area contributed by atoms with E-state index in [2.05, 4.69) is 0 Å². The third-order valence-electron chi connectivity index (χ3n) is 4.72. The molecule has 1 aromatic heterocycles. The van der Waals surface area contributed by atoms with Crippen LogP contribution in [0.25, 0.3) is 22.1 Å². The summed E-state index contributed by atoms with van der Waals surface area (Å²) in [6.45, 7) is 0. The summed E-state index contributed by atoms with van der Waals surface area (Å²) in [6, 6.07) is 17.3. The van der Waals surface area contributed by atoms with Crippen LogP contribution in [0, 0.1) is 0 Å². The summed E-state index contributed by atoms with van der Waals surface area (Å²) in [5.74, 6) is -1.67. The van der Waals surface area contributed by atoms with Gasteiger partial charge in [0.05, 0.1) is 23.6 Å². The third kappa shape index (κ3) is 4.07. The Morgan fingerprint density at radius 3 is 2.19 bits per heavy atom. The minimum absolute atomic E-state index is 0.0675. The molecule has 0 saturated heterocycles. The number of rotatable bonds is 4. The van der Waals surface area contributed by atoms with Crippen molar-refractivity contribution in [2.45, 2.75) is 6.18 Å². The van der Waals surface area contributed by atoms with Gasteiger partial charge in [-0.15, -0.1) is 0 Å². The third-order valence-corrected chi connectivity index (χ3v) is 4.72. The van der Waals surface area contributed by atoms with Gasteiger partial charge in [0.15, 0.2) is 0 Å². The maximum Gasteiger partial charge on any atom is 0.450 e. The van der Waals surface area contributed by atoms with Crippen molar-refractivity contribution >= 4 is 16.9 Å². The number of ether oxygens (including phenoxy) is 2. The van der Waals surface area contributed by atoms with Crippen molar-refractivity contribution in [3.8, 4) is 22.6 Å². The van der Waals surface area contributed by atoms with Gasteiger partial charge >= 0.3 is 12.1 Å². The van der Waals surface area contributed by atoms with Crippen LogP contribution in [-0.2, 0) is 6.18 Å². The highest BCUT2D eigenvalue weighted by Crippen LogP contribution is 2.37. The zero-order chi connectivity index (χ0) is 22.9. The molecule has 0 amide bonds. The van der Waals surface area contributed by atoms with E-state index in [0.717, 1.165) is 6.07 Å². The summed E-state index contributed by atoms with van der Waals surface area (Å²) < 4.78 is 56.5. The molecule has 0 aliphatic heterocycles. The van der Waals surface area contributed by atoms with E-state index in [1.165, 1.54) is 55.6 Å². The minimum Gasteiger partial charge on any atom is -0.497 e. The molecule has 162 valence electrons. The van der Waals surface area contributed by atoms with Crippen LogP contribution in [0.15, 0.2) is 82.0 Å². The normalized spacial score (nSPS) is 11.4. The molecular weight excluding hydrogens is 425 g/mol. The molecule has 0 spiro atoms. The predicted molar refractivity (Wildman–Crippen MR) is 111 cm³/mol. The Morgan fingerprint density at radius 2 is 1.56 bits per heavy atom. The molecule has 0 aliphatic carbocycles. The Balaban J connectivity index is 1.77. The van der Waals surface area contributed by atoms with Crippen molar-refractivity contribution in [2.75, 3.05) is 7.11 Å². The van der Waals surface area contributed by atoms with Gasteiger partial charge in [0.1, 0.15) is 17.1 Å². The van der Waals surface area contributed by atoms with Crippen molar-refractivity contribution in [2.24, 2.45) is 0 Å². The molecule has 4 aromatic rings. The van der Waals surface area contributed by atoms with Crippen LogP contribution >= 0.6 is 0 Å². The molecule has 0 saturated carbocycles. The fourth-order valence-corrected chi connectivity index (χ4v) is 3.20. The first-order valence-corrected chi connectivity index (χ1v) is 9.37. The van der Waals surface area contributed by atoms with Gasteiger partial charge in [0.25, 0.3) is 0 Å². The van der Waals surface area contributed by atoms with Crippen LogP contribution < -0.4 is 14.9 Å². The van der Waals surface area contributed by atoms with E-state index in [-0.39, 0.29) is 27.8 Å². The van der Waals surface area contributed by atoms with Crippen molar-refractivity contribution in [3.63, 3.8) is 0 Å². The van der Waals surface area contributed by atoms with Gasteiger partial charge in [-0.1, -0.05) is 30.3 Å². The SMILES string of the molecule is COc1ccc(C(=O)Oc2ccc3c(=O)c(-c4ccccc4)c(C(F)(F)F)oc3c2)cc1. The van der Waals surface area contributed by atoms with E-state index in [1.54, 1.807) is 18.2 Å². The molecule has 5 nitrogen and oxygen atoms in total. The van der Waals surface area contributed by atoms with Crippen LogP contribution in [0.1, 0.15) is 16.1 Å². The molecule has 0 N–H and O–H groups in total. The fourth-order valence-electron chi connectivity index (χ4n) is 3.20. The van der Waals surface area contributed by atoms with Gasteiger partial charge in [-0.3, -0.25) is 4.79 Å². The smallest absolute Gasteiger partial charge is 0.450 e. The van der Waals surface area contributed by atoms with Crippen molar-refractivity contribution in [1.29, 1.82) is 0 Å². The Hall–Kier alpha value is -4.07. The topological polar surface area (TPSA) is 65.7 Å². The lowest BCUT2D eigenvalue weighted by atomic mass is 10.0. The second kappa shape index (κ2) is 8.22. The number of hydrogen-bond acceptors (Lipinski definition) is 5. The fraction of sp³-hybridized carbons (Fsp3) is 0.0833. The predicted octanol–water partition coefficient (Wildman–Crippen LogP) is 5.71. The molecule has 0 radical (unpaired) electrons. The average Bonchev–Trinajstić information content (AvgIpc) is 2.79. The number of benzene rings is 3. The van der Waals surface area contributed by atoms with Crippen molar-refractivity contribution < 1.29 is 31.9 Å². The first kappa shape index (κ1) is 21.2. The Labute approximate surface area is 179 Å². The van der Waals surface area contributed by atoms with Gasteiger partial charge < -0.3 is 13.9 Å². The summed E-state index contributed by atoms with van der Waals surface area (Å²) >= 11 is 0. The number of esters is 1. The lowest BCUT2D eigenvalue weighted by Crippen LogP contribution is -2.16. The van der Waals surface area contributed by atoms with Crippen LogP contribution in [0.4, 0.5) is 13.2 Å². The second-order valence-corrected chi connectivity index (χ2v) is 6.78. The summed E-state index contributed by atoms with van der Waals surface area (Å²) in [4.78, 5) is 25.3. The van der Waals surface area contributed by atoms with Gasteiger partial charge in [0.2, 0.25) is 11.2 Å². The van der Waals surface area contributed by atoms with Crippen LogP contribution in [0.5, 0.6) is 11.5 Å². The summed E-state index contributed by atoms with van der Waals surface area (Å²) in [7, 11) is 1.48. The van der Waals surface area contributed by atoms with E-state index in [9.17, 15) is 22.8 Å².